The van der Waals surface area contributed by atoms with E-state index >= 15 is 0 Å². The van der Waals surface area contributed by atoms with Crippen molar-refractivity contribution in [1.29, 1.82) is 0 Å². The van der Waals surface area contributed by atoms with E-state index in [1.54, 1.807) is 0 Å². The molecule has 1 aromatic heterocycles. The van der Waals surface area contributed by atoms with E-state index in [2.05, 4.69) is 16.6 Å². The average molecular weight is 180 g/mol. The van der Waals surface area contributed by atoms with Gasteiger partial charge in [-0.05, 0) is 20.8 Å². The van der Waals surface area contributed by atoms with E-state index < -0.39 is 0 Å². The first-order valence-corrected chi connectivity index (χ1v) is 4.30. The van der Waals surface area contributed by atoms with Crippen molar-refractivity contribution in [2.75, 3.05) is 18.5 Å². The Labute approximate surface area is 79.0 Å². The molecule has 0 aliphatic rings. The Morgan fingerprint density at radius 3 is 2.54 bits per heavy atom. The molecule has 0 saturated carbocycles. The van der Waals surface area contributed by atoms with Gasteiger partial charge in [0, 0.05) is 13.6 Å². The molecule has 0 bridgehead atoms. The van der Waals surface area contributed by atoms with Gasteiger partial charge in [-0.1, -0.05) is 17.3 Å². The largest absolute Gasteiger partial charge is 0.366 e. The van der Waals surface area contributed by atoms with Gasteiger partial charge >= 0.3 is 0 Å². The summed E-state index contributed by atoms with van der Waals surface area (Å²) in [5.41, 5.74) is 3.13. The van der Waals surface area contributed by atoms with Gasteiger partial charge in [0.2, 0.25) is 0 Å². The van der Waals surface area contributed by atoms with Gasteiger partial charge in [0.1, 0.15) is 11.4 Å². The van der Waals surface area contributed by atoms with E-state index in [1.807, 2.05) is 27.8 Å². The number of rotatable bonds is 3. The summed E-state index contributed by atoms with van der Waals surface area (Å²) in [5, 5.41) is 3.90. The molecule has 0 saturated heterocycles. The van der Waals surface area contributed by atoms with Crippen molar-refractivity contribution in [2.45, 2.75) is 20.8 Å². The molecule has 0 aromatic carbocycles. The molecule has 72 valence electrons. The Balaban J connectivity index is 2.87. The highest BCUT2D eigenvalue weighted by molar-refractivity contribution is 5.52. The van der Waals surface area contributed by atoms with Crippen LogP contribution in [0.2, 0.25) is 0 Å². The zero-order valence-electron chi connectivity index (χ0n) is 8.72. The number of anilines is 1. The lowest BCUT2D eigenvalue weighted by molar-refractivity contribution is 0.393. The molecule has 1 heterocycles. The Hall–Kier alpha value is -1.25. The van der Waals surface area contributed by atoms with Crippen molar-refractivity contribution in [3.8, 4) is 0 Å². The van der Waals surface area contributed by atoms with E-state index in [9.17, 15) is 0 Å². The topological polar surface area (TPSA) is 29.3 Å². The maximum atomic E-state index is 5.08. The number of likely N-dealkylation sites (N-methyl/N-ethyl adjacent to an activating group) is 1. The van der Waals surface area contributed by atoms with Crippen LogP contribution < -0.4 is 4.90 Å². The standard InChI is InChI=1S/C10H16N2O/c1-7(2)6-12(5)10-8(3)11-13-9(10)4/h1,6H2,2-5H3. The fraction of sp³-hybridized carbons (Fsp3) is 0.500. The molecule has 0 aliphatic heterocycles. The summed E-state index contributed by atoms with van der Waals surface area (Å²) in [7, 11) is 2.02. The first kappa shape index (κ1) is 9.84. The molecule has 0 radical (unpaired) electrons. The van der Waals surface area contributed by atoms with Crippen LogP contribution in [0.4, 0.5) is 5.69 Å². The smallest absolute Gasteiger partial charge is 0.157 e. The highest BCUT2D eigenvalue weighted by Crippen LogP contribution is 2.22. The Kier molecular flexibility index (Phi) is 2.76. The summed E-state index contributed by atoms with van der Waals surface area (Å²) in [6.07, 6.45) is 0. The Morgan fingerprint density at radius 2 is 2.15 bits per heavy atom. The molecule has 0 unspecified atom stereocenters. The molecule has 0 spiro atoms. The molecular formula is C10H16N2O. The van der Waals surface area contributed by atoms with Gasteiger partial charge in [0.25, 0.3) is 0 Å². The molecule has 0 amide bonds. The molecule has 1 aromatic rings. The lowest BCUT2D eigenvalue weighted by atomic mass is 10.2. The highest BCUT2D eigenvalue weighted by atomic mass is 16.5. The zero-order valence-corrected chi connectivity index (χ0v) is 8.72. The molecule has 13 heavy (non-hydrogen) atoms. The number of nitrogens with zero attached hydrogens (tertiary/aromatic N) is 2. The number of hydrogen-bond acceptors (Lipinski definition) is 3. The molecule has 0 aliphatic carbocycles. The molecule has 0 N–H and O–H groups in total. The van der Waals surface area contributed by atoms with Crippen LogP contribution in [0.3, 0.4) is 0 Å². The maximum absolute atomic E-state index is 5.08. The number of hydrogen-bond donors (Lipinski definition) is 0. The monoisotopic (exact) mass is 180 g/mol. The summed E-state index contributed by atoms with van der Waals surface area (Å²) in [6.45, 7) is 10.6. The lowest BCUT2D eigenvalue weighted by Crippen LogP contribution is -2.20. The van der Waals surface area contributed by atoms with E-state index in [0.29, 0.717) is 0 Å². The first-order valence-electron chi connectivity index (χ1n) is 4.30. The lowest BCUT2D eigenvalue weighted by Gasteiger charge is -2.18. The minimum Gasteiger partial charge on any atom is -0.366 e. The molecular weight excluding hydrogens is 164 g/mol. The van der Waals surface area contributed by atoms with Gasteiger partial charge in [0.05, 0.1) is 0 Å². The molecule has 3 nitrogen and oxygen atoms in total. The van der Waals surface area contributed by atoms with Crippen molar-refractivity contribution in [3.05, 3.63) is 23.6 Å². The summed E-state index contributed by atoms with van der Waals surface area (Å²) < 4.78 is 5.08. The fourth-order valence-corrected chi connectivity index (χ4v) is 1.51. The summed E-state index contributed by atoms with van der Waals surface area (Å²) in [6, 6.07) is 0. The van der Waals surface area contributed by atoms with Crippen LogP contribution in [-0.4, -0.2) is 18.7 Å². The zero-order chi connectivity index (χ0) is 10.0. The van der Waals surface area contributed by atoms with Gasteiger partial charge in [0.15, 0.2) is 5.76 Å². The summed E-state index contributed by atoms with van der Waals surface area (Å²) >= 11 is 0. The van der Waals surface area contributed by atoms with E-state index in [1.165, 1.54) is 0 Å². The molecule has 0 atom stereocenters. The third-order valence-corrected chi connectivity index (χ3v) is 1.88. The van der Waals surface area contributed by atoms with Crippen LogP contribution in [0.25, 0.3) is 0 Å². The van der Waals surface area contributed by atoms with Gasteiger partial charge in [-0.25, -0.2) is 0 Å². The van der Waals surface area contributed by atoms with Crippen LogP contribution in [-0.2, 0) is 0 Å². The minimum atomic E-state index is 0.836. The molecule has 1 rings (SSSR count). The van der Waals surface area contributed by atoms with Crippen LogP contribution in [0.5, 0.6) is 0 Å². The van der Waals surface area contributed by atoms with Crippen molar-refractivity contribution < 1.29 is 4.52 Å². The summed E-state index contributed by atoms with van der Waals surface area (Å²) in [5.74, 6) is 0.862. The van der Waals surface area contributed by atoms with Gasteiger partial charge < -0.3 is 9.42 Å². The second kappa shape index (κ2) is 3.64. The molecule has 0 fully saturated rings. The van der Waals surface area contributed by atoms with Crippen LogP contribution in [0, 0.1) is 13.8 Å². The van der Waals surface area contributed by atoms with E-state index in [0.717, 1.165) is 29.3 Å². The van der Waals surface area contributed by atoms with Gasteiger partial charge in [-0.2, -0.15) is 0 Å². The number of aryl methyl sites for hydroxylation is 2. The normalized spacial score (nSPS) is 10.2. The van der Waals surface area contributed by atoms with Gasteiger partial charge in [-0.3, -0.25) is 0 Å². The van der Waals surface area contributed by atoms with E-state index in [-0.39, 0.29) is 0 Å². The van der Waals surface area contributed by atoms with Crippen molar-refractivity contribution in [1.82, 2.24) is 5.16 Å². The first-order chi connectivity index (χ1) is 6.02. The second-order valence-electron chi connectivity index (χ2n) is 3.49. The highest BCUT2D eigenvalue weighted by Gasteiger charge is 2.12. The van der Waals surface area contributed by atoms with Crippen molar-refractivity contribution in [2.24, 2.45) is 0 Å². The average Bonchev–Trinajstić information content (AvgIpc) is 2.29. The Bertz CT molecular complexity index is 295. The quantitative estimate of drug-likeness (QED) is 0.668. The van der Waals surface area contributed by atoms with Crippen molar-refractivity contribution in [3.63, 3.8) is 0 Å². The van der Waals surface area contributed by atoms with Crippen molar-refractivity contribution >= 4 is 5.69 Å². The minimum absolute atomic E-state index is 0.836. The van der Waals surface area contributed by atoms with Crippen LogP contribution in [0.15, 0.2) is 16.7 Å². The number of aromatic nitrogens is 1. The van der Waals surface area contributed by atoms with E-state index in [4.69, 9.17) is 4.52 Å². The fourth-order valence-electron chi connectivity index (χ4n) is 1.51. The van der Waals surface area contributed by atoms with Crippen LogP contribution in [0.1, 0.15) is 18.4 Å². The van der Waals surface area contributed by atoms with Gasteiger partial charge in [-0.15, -0.1) is 0 Å². The predicted molar refractivity (Wildman–Crippen MR) is 54.1 cm³/mol. The maximum Gasteiger partial charge on any atom is 0.157 e. The van der Waals surface area contributed by atoms with Crippen LogP contribution >= 0.6 is 0 Å². The third kappa shape index (κ3) is 2.11. The predicted octanol–water partition coefficient (Wildman–Crippen LogP) is 2.30. The Morgan fingerprint density at radius 1 is 1.54 bits per heavy atom. The second-order valence-corrected chi connectivity index (χ2v) is 3.49. The summed E-state index contributed by atoms with van der Waals surface area (Å²) in [4.78, 5) is 2.10. The third-order valence-electron chi connectivity index (χ3n) is 1.88. The molecule has 3 heteroatoms. The SMILES string of the molecule is C=C(C)CN(C)c1c(C)noc1C.